The number of rotatable bonds is 4. The second kappa shape index (κ2) is 6.66. The van der Waals surface area contributed by atoms with Crippen molar-refractivity contribution in [1.29, 1.82) is 0 Å². The molecule has 1 aliphatic rings. The fourth-order valence-electron chi connectivity index (χ4n) is 2.59. The highest BCUT2D eigenvalue weighted by Crippen LogP contribution is 2.28. The van der Waals surface area contributed by atoms with E-state index in [1.54, 1.807) is 4.68 Å². The molecule has 21 heavy (non-hydrogen) atoms. The number of aryl methyl sites for hydroxylation is 2. The molecule has 1 amide bonds. The Balaban J connectivity index is 0.00000220. The lowest BCUT2D eigenvalue weighted by Gasteiger charge is -2.22. The Hall–Kier alpha value is -1.27. The van der Waals surface area contributed by atoms with Gasteiger partial charge in [0.25, 0.3) is 5.91 Å². The summed E-state index contributed by atoms with van der Waals surface area (Å²) in [6, 6.07) is 0. The Morgan fingerprint density at radius 3 is 2.62 bits per heavy atom. The van der Waals surface area contributed by atoms with Crippen LogP contribution in [0.25, 0.3) is 0 Å². The summed E-state index contributed by atoms with van der Waals surface area (Å²) < 4.78 is 7.42. The summed E-state index contributed by atoms with van der Waals surface area (Å²) >= 11 is 0. The van der Waals surface area contributed by atoms with Gasteiger partial charge in [-0.05, 0) is 32.2 Å². The molecule has 0 bridgehead atoms. The molecular formula is C14H25ClN4O2. The van der Waals surface area contributed by atoms with Crippen LogP contribution < -0.4 is 10.5 Å². The van der Waals surface area contributed by atoms with E-state index < -0.39 is 0 Å². The molecule has 1 aliphatic heterocycles. The van der Waals surface area contributed by atoms with Gasteiger partial charge in [0.2, 0.25) is 0 Å². The molecule has 0 spiro atoms. The van der Waals surface area contributed by atoms with Gasteiger partial charge in [-0.3, -0.25) is 9.48 Å². The van der Waals surface area contributed by atoms with Crippen molar-refractivity contribution in [3.05, 3.63) is 11.4 Å². The molecular weight excluding hydrogens is 292 g/mol. The SMILES string of the molecule is Cc1nn(C)c(C)c1OCC(=O)N1CCC(C)(CN)C1.Cl. The molecule has 1 fully saturated rings. The first kappa shape index (κ1) is 17.8. The van der Waals surface area contributed by atoms with Crippen molar-refractivity contribution in [2.45, 2.75) is 27.2 Å². The number of amides is 1. The van der Waals surface area contributed by atoms with E-state index in [1.807, 2.05) is 25.8 Å². The molecule has 1 atom stereocenters. The maximum absolute atomic E-state index is 12.2. The van der Waals surface area contributed by atoms with Crippen LogP contribution >= 0.6 is 12.4 Å². The highest BCUT2D eigenvalue weighted by atomic mass is 35.5. The average Bonchev–Trinajstić information content (AvgIpc) is 2.91. The molecule has 0 aliphatic carbocycles. The van der Waals surface area contributed by atoms with Crippen LogP contribution in [-0.2, 0) is 11.8 Å². The van der Waals surface area contributed by atoms with Gasteiger partial charge in [0, 0.05) is 20.1 Å². The predicted molar refractivity (Wildman–Crippen MR) is 83.8 cm³/mol. The number of hydrogen-bond acceptors (Lipinski definition) is 4. The summed E-state index contributed by atoms with van der Waals surface area (Å²) in [6.45, 7) is 8.09. The number of carbonyl (C=O) groups excluding carboxylic acids is 1. The summed E-state index contributed by atoms with van der Waals surface area (Å²) in [6.07, 6.45) is 0.959. The van der Waals surface area contributed by atoms with Gasteiger partial charge in [0.05, 0.1) is 5.69 Å². The fraction of sp³-hybridized carbons (Fsp3) is 0.714. The number of halogens is 1. The van der Waals surface area contributed by atoms with Crippen molar-refractivity contribution < 1.29 is 9.53 Å². The topological polar surface area (TPSA) is 73.4 Å². The molecule has 6 nitrogen and oxygen atoms in total. The van der Waals surface area contributed by atoms with Gasteiger partial charge in [-0.15, -0.1) is 12.4 Å². The number of hydrogen-bond donors (Lipinski definition) is 1. The largest absolute Gasteiger partial charge is 0.480 e. The van der Waals surface area contributed by atoms with Crippen LogP contribution in [0, 0.1) is 19.3 Å². The van der Waals surface area contributed by atoms with Crippen LogP contribution in [0.5, 0.6) is 5.75 Å². The summed E-state index contributed by atoms with van der Waals surface area (Å²) in [5.41, 5.74) is 7.55. The molecule has 2 rings (SSSR count). The lowest BCUT2D eigenvalue weighted by Crippen LogP contribution is -2.36. The van der Waals surface area contributed by atoms with Gasteiger partial charge < -0.3 is 15.4 Å². The number of aromatic nitrogens is 2. The Morgan fingerprint density at radius 1 is 1.48 bits per heavy atom. The zero-order chi connectivity index (χ0) is 14.9. The number of nitrogens with zero attached hydrogens (tertiary/aromatic N) is 3. The van der Waals surface area contributed by atoms with Crippen LogP contribution in [0.3, 0.4) is 0 Å². The Kier molecular flexibility index (Phi) is 5.64. The van der Waals surface area contributed by atoms with Crippen molar-refractivity contribution in [1.82, 2.24) is 14.7 Å². The molecule has 0 aromatic carbocycles. The average molecular weight is 317 g/mol. The van der Waals surface area contributed by atoms with Crippen LogP contribution in [0.1, 0.15) is 24.7 Å². The first-order valence-corrected chi connectivity index (χ1v) is 6.97. The lowest BCUT2D eigenvalue weighted by molar-refractivity contribution is -0.132. The summed E-state index contributed by atoms with van der Waals surface area (Å²) in [4.78, 5) is 14.0. The zero-order valence-electron chi connectivity index (χ0n) is 13.2. The first-order chi connectivity index (χ1) is 9.36. The second-order valence-electron chi connectivity index (χ2n) is 5.99. The zero-order valence-corrected chi connectivity index (χ0v) is 14.0. The Morgan fingerprint density at radius 2 is 2.14 bits per heavy atom. The lowest BCUT2D eigenvalue weighted by atomic mass is 9.90. The molecule has 1 unspecified atom stereocenters. The van der Waals surface area contributed by atoms with E-state index in [9.17, 15) is 4.79 Å². The smallest absolute Gasteiger partial charge is 0.260 e. The van der Waals surface area contributed by atoms with E-state index in [0.29, 0.717) is 12.3 Å². The summed E-state index contributed by atoms with van der Waals surface area (Å²) in [5.74, 6) is 0.728. The van der Waals surface area contributed by atoms with E-state index >= 15 is 0 Å². The van der Waals surface area contributed by atoms with Gasteiger partial charge in [0.15, 0.2) is 12.4 Å². The van der Waals surface area contributed by atoms with Crippen LogP contribution in [0.2, 0.25) is 0 Å². The van der Waals surface area contributed by atoms with Crippen LogP contribution in [0.15, 0.2) is 0 Å². The predicted octanol–water partition coefficient (Wildman–Crippen LogP) is 1.03. The monoisotopic (exact) mass is 316 g/mol. The first-order valence-electron chi connectivity index (χ1n) is 6.97. The summed E-state index contributed by atoms with van der Waals surface area (Å²) in [7, 11) is 1.87. The Bertz CT molecular complexity index is 517. The van der Waals surface area contributed by atoms with E-state index in [1.165, 1.54) is 0 Å². The molecule has 7 heteroatoms. The minimum atomic E-state index is 0. The van der Waals surface area contributed by atoms with Crippen LogP contribution in [0.4, 0.5) is 0 Å². The maximum atomic E-state index is 12.2. The van der Waals surface area contributed by atoms with Crippen molar-refractivity contribution in [2.75, 3.05) is 26.2 Å². The molecule has 120 valence electrons. The van der Waals surface area contributed by atoms with Crippen LogP contribution in [-0.4, -0.2) is 46.8 Å². The Labute approximate surface area is 132 Å². The second-order valence-corrected chi connectivity index (χ2v) is 5.99. The van der Waals surface area contributed by atoms with E-state index in [2.05, 4.69) is 12.0 Å². The van der Waals surface area contributed by atoms with E-state index in [-0.39, 0.29) is 30.3 Å². The third kappa shape index (κ3) is 3.68. The molecule has 2 heterocycles. The van der Waals surface area contributed by atoms with Gasteiger partial charge in [0.1, 0.15) is 5.69 Å². The van der Waals surface area contributed by atoms with Crippen molar-refractivity contribution in [2.24, 2.45) is 18.2 Å². The fourth-order valence-corrected chi connectivity index (χ4v) is 2.59. The quantitative estimate of drug-likeness (QED) is 0.900. The maximum Gasteiger partial charge on any atom is 0.260 e. The van der Waals surface area contributed by atoms with Gasteiger partial charge >= 0.3 is 0 Å². The highest BCUT2D eigenvalue weighted by Gasteiger charge is 2.34. The molecule has 1 saturated heterocycles. The number of ether oxygens (including phenoxy) is 1. The van der Waals surface area contributed by atoms with Gasteiger partial charge in [-0.1, -0.05) is 6.92 Å². The van der Waals surface area contributed by atoms with Crippen molar-refractivity contribution in [3.8, 4) is 5.75 Å². The number of carbonyl (C=O) groups is 1. The highest BCUT2D eigenvalue weighted by molar-refractivity contribution is 5.85. The third-order valence-electron chi connectivity index (χ3n) is 4.19. The van der Waals surface area contributed by atoms with Crippen molar-refractivity contribution >= 4 is 18.3 Å². The molecule has 0 radical (unpaired) electrons. The summed E-state index contributed by atoms with van der Waals surface area (Å²) in [5, 5.41) is 4.27. The standard InChI is InChI=1S/C14H24N4O2.ClH/c1-10-13(11(2)17(4)16-10)20-7-12(19)18-6-5-14(3,8-15)9-18;/h5-9,15H2,1-4H3;1H. The van der Waals surface area contributed by atoms with Gasteiger partial charge in [-0.25, -0.2) is 0 Å². The minimum Gasteiger partial charge on any atom is -0.480 e. The molecule has 1 aromatic heterocycles. The minimum absolute atomic E-state index is 0. The molecule has 2 N–H and O–H groups in total. The van der Waals surface area contributed by atoms with E-state index in [0.717, 1.165) is 30.9 Å². The number of likely N-dealkylation sites (tertiary alicyclic amines) is 1. The van der Waals surface area contributed by atoms with Crippen molar-refractivity contribution in [3.63, 3.8) is 0 Å². The molecule has 1 aromatic rings. The molecule has 0 saturated carbocycles. The number of nitrogens with two attached hydrogens (primary N) is 1. The normalized spacial score (nSPS) is 21.3. The van der Waals surface area contributed by atoms with Gasteiger partial charge in [-0.2, -0.15) is 5.10 Å². The third-order valence-corrected chi connectivity index (χ3v) is 4.19. The van der Waals surface area contributed by atoms with E-state index in [4.69, 9.17) is 10.5 Å².